The molecule has 1 saturated carbocycles. The zero-order valence-electron chi connectivity index (χ0n) is 14.5. The fourth-order valence-electron chi connectivity index (χ4n) is 2.80. The van der Waals surface area contributed by atoms with E-state index in [1.165, 1.54) is 35.4 Å². The molecule has 0 saturated heterocycles. The summed E-state index contributed by atoms with van der Waals surface area (Å²) in [7, 11) is 0. The predicted molar refractivity (Wildman–Crippen MR) is 91.4 cm³/mol. The lowest BCUT2D eigenvalue weighted by Crippen LogP contribution is -2.47. The number of aliphatic hydroxyl groups is 1. The van der Waals surface area contributed by atoms with Gasteiger partial charge in [-0.25, -0.2) is 9.37 Å². The van der Waals surface area contributed by atoms with Gasteiger partial charge in [-0.15, -0.1) is 11.3 Å². The standard InChI is InChI=1S/C18H18F4N2O2S/c1-11-10-27-16(23-11)17(26,18(20,21)22)8-15(25)24(14-5-6-14)9-12-3-2-4-13(19)7-12/h2-4,7,10,14,26H,5-6,8-9H2,1H3. The van der Waals surface area contributed by atoms with Crippen LogP contribution in [0, 0.1) is 12.7 Å². The van der Waals surface area contributed by atoms with Gasteiger partial charge in [-0.2, -0.15) is 13.2 Å². The van der Waals surface area contributed by atoms with Gasteiger partial charge in [0.1, 0.15) is 10.8 Å². The van der Waals surface area contributed by atoms with Gasteiger partial charge in [0, 0.05) is 23.7 Å². The first-order valence-electron chi connectivity index (χ1n) is 8.36. The number of alkyl halides is 3. The average Bonchev–Trinajstić information content (AvgIpc) is 3.31. The maximum Gasteiger partial charge on any atom is 0.424 e. The zero-order valence-corrected chi connectivity index (χ0v) is 15.3. The fraction of sp³-hybridized carbons (Fsp3) is 0.444. The molecular formula is C18H18F4N2O2S. The molecule has 1 aromatic carbocycles. The number of thiazole rings is 1. The topological polar surface area (TPSA) is 53.4 Å². The van der Waals surface area contributed by atoms with E-state index in [1.54, 1.807) is 6.07 Å². The second kappa shape index (κ2) is 7.20. The Morgan fingerprint density at radius 3 is 2.59 bits per heavy atom. The van der Waals surface area contributed by atoms with Crippen LogP contribution in [0.15, 0.2) is 29.6 Å². The second-order valence-electron chi connectivity index (χ2n) is 6.71. The number of rotatable bonds is 6. The largest absolute Gasteiger partial charge is 0.424 e. The van der Waals surface area contributed by atoms with Crippen LogP contribution >= 0.6 is 11.3 Å². The van der Waals surface area contributed by atoms with Crippen molar-refractivity contribution in [2.45, 2.75) is 50.6 Å². The van der Waals surface area contributed by atoms with E-state index in [0.717, 1.165) is 0 Å². The Morgan fingerprint density at radius 1 is 1.37 bits per heavy atom. The smallest absolute Gasteiger partial charge is 0.374 e. The van der Waals surface area contributed by atoms with Crippen molar-refractivity contribution in [2.24, 2.45) is 0 Å². The number of hydrogen-bond donors (Lipinski definition) is 1. The van der Waals surface area contributed by atoms with E-state index in [9.17, 15) is 27.5 Å². The molecule has 27 heavy (non-hydrogen) atoms. The second-order valence-corrected chi connectivity index (χ2v) is 7.57. The minimum Gasteiger partial charge on any atom is -0.374 e. The highest BCUT2D eigenvalue weighted by atomic mass is 32.1. The summed E-state index contributed by atoms with van der Waals surface area (Å²) in [6.07, 6.45) is -4.87. The Balaban J connectivity index is 1.85. The molecule has 146 valence electrons. The summed E-state index contributed by atoms with van der Waals surface area (Å²) in [5.41, 5.74) is -2.53. The number of nitrogens with zero attached hydrogens (tertiary/aromatic N) is 2. The molecule has 0 radical (unpaired) electrons. The van der Waals surface area contributed by atoms with Crippen molar-refractivity contribution in [1.82, 2.24) is 9.88 Å². The molecule has 1 aliphatic rings. The van der Waals surface area contributed by atoms with Crippen LogP contribution in [0.5, 0.6) is 0 Å². The number of amides is 1. The third kappa shape index (κ3) is 4.30. The quantitative estimate of drug-likeness (QED) is 0.745. The maximum atomic E-state index is 13.6. The summed E-state index contributed by atoms with van der Waals surface area (Å²) in [5, 5.41) is 11.2. The van der Waals surface area contributed by atoms with Crippen molar-refractivity contribution in [1.29, 1.82) is 0 Å². The van der Waals surface area contributed by atoms with Crippen molar-refractivity contribution in [3.63, 3.8) is 0 Å². The van der Waals surface area contributed by atoms with Gasteiger partial charge in [0.25, 0.3) is 0 Å². The van der Waals surface area contributed by atoms with Crippen LogP contribution in [0.3, 0.4) is 0 Å². The van der Waals surface area contributed by atoms with Gasteiger partial charge in [0.15, 0.2) is 0 Å². The Hall–Kier alpha value is -2.00. The van der Waals surface area contributed by atoms with Crippen LogP contribution in [0.25, 0.3) is 0 Å². The van der Waals surface area contributed by atoms with Crippen LogP contribution in [-0.4, -0.2) is 33.1 Å². The first kappa shape index (κ1) is 19.8. The van der Waals surface area contributed by atoms with Gasteiger partial charge < -0.3 is 10.0 Å². The van der Waals surface area contributed by atoms with E-state index in [1.807, 2.05) is 0 Å². The Morgan fingerprint density at radius 2 is 2.07 bits per heavy atom. The number of hydrogen-bond acceptors (Lipinski definition) is 4. The zero-order chi connectivity index (χ0) is 19.8. The summed E-state index contributed by atoms with van der Waals surface area (Å²) in [6.45, 7) is 1.51. The van der Waals surface area contributed by atoms with E-state index < -0.39 is 34.9 Å². The number of benzene rings is 1. The molecule has 3 rings (SSSR count). The molecule has 9 heteroatoms. The molecule has 1 heterocycles. The third-order valence-corrected chi connectivity index (χ3v) is 5.51. The van der Waals surface area contributed by atoms with E-state index in [0.29, 0.717) is 35.4 Å². The van der Waals surface area contributed by atoms with E-state index >= 15 is 0 Å². The fourth-order valence-corrected chi connectivity index (χ4v) is 3.72. The van der Waals surface area contributed by atoms with Crippen LogP contribution in [-0.2, 0) is 16.9 Å². The molecule has 1 atom stereocenters. The molecule has 0 spiro atoms. The van der Waals surface area contributed by atoms with Gasteiger partial charge in [0.2, 0.25) is 11.5 Å². The van der Waals surface area contributed by atoms with Crippen molar-refractivity contribution >= 4 is 17.2 Å². The molecule has 0 bridgehead atoms. The molecule has 1 fully saturated rings. The van der Waals surface area contributed by atoms with E-state index in [4.69, 9.17) is 0 Å². The van der Waals surface area contributed by atoms with E-state index in [-0.39, 0.29) is 12.6 Å². The Bertz CT molecular complexity index is 835. The summed E-state index contributed by atoms with van der Waals surface area (Å²) < 4.78 is 54.2. The summed E-state index contributed by atoms with van der Waals surface area (Å²) >= 11 is 0.666. The highest BCUT2D eigenvalue weighted by molar-refractivity contribution is 7.09. The maximum absolute atomic E-state index is 13.6. The minimum absolute atomic E-state index is 0.00784. The highest BCUT2D eigenvalue weighted by Gasteiger charge is 2.58. The molecule has 0 aliphatic heterocycles. The summed E-state index contributed by atoms with van der Waals surface area (Å²) in [4.78, 5) is 17.7. The number of halogens is 4. The Kier molecular flexibility index (Phi) is 5.27. The van der Waals surface area contributed by atoms with Crippen LogP contribution in [0.2, 0.25) is 0 Å². The molecule has 1 amide bonds. The normalized spacial score (nSPS) is 16.8. The van der Waals surface area contributed by atoms with Gasteiger partial charge in [0.05, 0.1) is 6.42 Å². The van der Waals surface area contributed by atoms with Crippen molar-refractivity contribution in [2.75, 3.05) is 0 Å². The SMILES string of the molecule is Cc1csc(C(O)(CC(=O)N(Cc2cccc(F)c2)C2CC2)C(F)(F)F)n1. The number of aryl methyl sites for hydroxylation is 1. The lowest BCUT2D eigenvalue weighted by Gasteiger charge is -2.31. The molecule has 1 N–H and O–H groups in total. The summed E-state index contributed by atoms with van der Waals surface area (Å²) in [6, 6.07) is 5.37. The third-order valence-electron chi connectivity index (χ3n) is 4.40. The number of aromatic nitrogens is 1. The number of carbonyl (C=O) groups excluding carboxylic acids is 1. The minimum atomic E-state index is -5.05. The van der Waals surface area contributed by atoms with Gasteiger partial charge in [-0.05, 0) is 37.5 Å². The van der Waals surface area contributed by atoms with Crippen LogP contribution in [0.1, 0.15) is 35.5 Å². The highest BCUT2D eigenvalue weighted by Crippen LogP contribution is 2.44. The monoisotopic (exact) mass is 402 g/mol. The van der Waals surface area contributed by atoms with Crippen molar-refractivity contribution in [3.8, 4) is 0 Å². The first-order valence-corrected chi connectivity index (χ1v) is 9.24. The van der Waals surface area contributed by atoms with Crippen LogP contribution < -0.4 is 0 Å². The van der Waals surface area contributed by atoms with Crippen molar-refractivity contribution in [3.05, 3.63) is 51.7 Å². The van der Waals surface area contributed by atoms with Crippen LogP contribution in [0.4, 0.5) is 17.6 Å². The number of carbonyl (C=O) groups is 1. The predicted octanol–water partition coefficient (Wildman–Crippen LogP) is 3.92. The molecular weight excluding hydrogens is 384 g/mol. The molecule has 1 aliphatic carbocycles. The molecule has 1 unspecified atom stereocenters. The molecule has 1 aromatic heterocycles. The average molecular weight is 402 g/mol. The van der Waals surface area contributed by atoms with Gasteiger partial charge in [-0.1, -0.05) is 12.1 Å². The van der Waals surface area contributed by atoms with Crippen molar-refractivity contribution < 1.29 is 27.5 Å². The van der Waals surface area contributed by atoms with Gasteiger partial charge >= 0.3 is 6.18 Å². The lowest BCUT2D eigenvalue weighted by atomic mass is 9.98. The Labute approximate surface area is 157 Å². The lowest BCUT2D eigenvalue weighted by molar-refractivity contribution is -0.268. The molecule has 2 aromatic rings. The van der Waals surface area contributed by atoms with Gasteiger partial charge in [-0.3, -0.25) is 4.79 Å². The summed E-state index contributed by atoms with van der Waals surface area (Å²) in [5.74, 6) is -1.32. The first-order chi connectivity index (χ1) is 12.6. The van der Waals surface area contributed by atoms with E-state index in [2.05, 4.69) is 4.98 Å². The molecule has 4 nitrogen and oxygen atoms in total.